The van der Waals surface area contributed by atoms with Crippen LogP contribution in [0.5, 0.6) is 11.5 Å². The van der Waals surface area contributed by atoms with Crippen LogP contribution in [0, 0.1) is 13.8 Å². The first-order valence-electron chi connectivity index (χ1n) is 7.49. The Bertz CT molecular complexity index is 860. The topological polar surface area (TPSA) is 48.7 Å². The molecular weight excluding hydrogens is 292 g/mol. The van der Waals surface area contributed by atoms with Crippen LogP contribution >= 0.6 is 0 Å². The summed E-state index contributed by atoms with van der Waals surface area (Å²) < 4.78 is 16.6. The lowest BCUT2D eigenvalue weighted by Gasteiger charge is -2.12. The normalized spacial score (nSPS) is 10.7. The van der Waals surface area contributed by atoms with Gasteiger partial charge >= 0.3 is 5.63 Å². The Morgan fingerprint density at radius 1 is 0.913 bits per heavy atom. The molecule has 0 bridgehead atoms. The molecular formula is C19H18O4. The minimum absolute atomic E-state index is 0.368. The molecule has 4 heteroatoms. The molecule has 0 unspecified atom stereocenters. The van der Waals surface area contributed by atoms with E-state index in [0.717, 1.165) is 22.3 Å². The smallest absolute Gasteiger partial charge is 0.336 e. The van der Waals surface area contributed by atoms with E-state index in [0.29, 0.717) is 24.5 Å². The van der Waals surface area contributed by atoms with Crippen molar-refractivity contribution in [2.45, 2.75) is 13.8 Å². The van der Waals surface area contributed by atoms with Gasteiger partial charge in [-0.1, -0.05) is 18.2 Å². The average Bonchev–Trinajstić information content (AvgIpc) is 2.53. The van der Waals surface area contributed by atoms with Gasteiger partial charge in [0.25, 0.3) is 0 Å². The SMILES string of the molecule is Cc1cccc(C)c1OCCOc1ccc2ccc(=O)oc2c1. The molecule has 23 heavy (non-hydrogen) atoms. The molecule has 0 saturated carbocycles. The molecule has 0 saturated heterocycles. The zero-order chi connectivity index (χ0) is 16.2. The summed E-state index contributed by atoms with van der Waals surface area (Å²) >= 11 is 0. The van der Waals surface area contributed by atoms with Crippen LogP contribution < -0.4 is 15.1 Å². The average molecular weight is 310 g/mol. The molecule has 0 aliphatic rings. The van der Waals surface area contributed by atoms with Crippen LogP contribution in [0.1, 0.15) is 11.1 Å². The Labute approximate surface area is 134 Å². The Kier molecular flexibility index (Phi) is 4.33. The molecule has 118 valence electrons. The monoisotopic (exact) mass is 310 g/mol. The predicted octanol–water partition coefficient (Wildman–Crippen LogP) is 3.87. The number of ether oxygens (including phenoxy) is 2. The van der Waals surface area contributed by atoms with Gasteiger partial charge < -0.3 is 13.9 Å². The van der Waals surface area contributed by atoms with E-state index in [1.807, 2.05) is 44.2 Å². The molecule has 0 fully saturated rings. The first kappa shape index (κ1) is 15.2. The maximum Gasteiger partial charge on any atom is 0.336 e. The second-order valence-corrected chi connectivity index (χ2v) is 5.37. The Balaban J connectivity index is 1.61. The van der Waals surface area contributed by atoms with Crippen LogP contribution in [0.4, 0.5) is 0 Å². The molecule has 1 heterocycles. The summed E-state index contributed by atoms with van der Waals surface area (Å²) in [5.74, 6) is 1.55. The Hall–Kier alpha value is -2.75. The zero-order valence-corrected chi connectivity index (χ0v) is 13.2. The van der Waals surface area contributed by atoms with Gasteiger partial charge in [-0.15, -0.1) is 0 Å². The van der Waals surface area contributed by atoms with Crippen LogP contribution in [0.15, 0.2) is 57.7 Å². The van der Waals surface area contributed by atoms with Gasteiger partial charge in [0.1, 0.15) is 30.3 Å². The van der Waals surface area contributed by atoms with E-state index < -0.39 is 0 Å². The zero-order valence-electron chi connectivity index (χ0n) is 13.2. The van der Waals surface area contributed by atoms with Crippen molar-refractivity contribution in [2.24, 2.45) is 0 Å². The lowest BCUT2D eigenvalue weighted by atomic mass is 10.1. The lowest BCUT2D eigenvalue weighted by molar-refractivity contribution is 0.215. The number of para-hydroxylation sites is 1. The van der Waals surface area contributed by atoms with E-state index in [4.69, 9.17) is 13.9 Å². The van der Waals surface area contributed by atoms with Crippen molar-refractivity contribution >= 4 is 11.0 Å². The quantitative estimate of drug-likeness (QED) is 0.530. The number of rotatable bonds is 5. The minimum atomic E-state index is -0.368. The standard InChI is InChI=1S/C19H18O4/c1-13-4-3-5-14(2)19(13)22-11-10-21-16-8-6-15-7-9-18(20)23-17(15)12-16/h3-9,12H,10-11H2,1-2H3. The van der Waals surface area contributed by atoms with Gasteiger partial charge in [-0.3, -0.25) is 0 Å². The van der Waals surface area contributed by atoms with Gasteiger partial charge in [0.15, 0.2) is 0 Å². The fourth-order valence-electron chi connectivity index (χ4n) is 2.46. The van der Waals surface area contributed by atoms with E-state index in [9.17, 15) is 4.79 Å². The third-order valence-corrected chi connectivity index (χ3v) is 3.60. The van der Waals surface area contributed by atoms with Gasteiger partial charge in [0, 0.05) is 17.5 Å². The summed E-state index contributed by atoms with van der Waals surface area (Å²) in [6.45, 7) is 4.90. The lowest BCUT2D eigenvalue weighted by Crippen LogP contribution is -2.10. The van der Waals surface area contributed by atoms with Crippen molar-refractivity contribution in [3.8, 4) is 11.5 Å². The van der Waals surface area contributed by atoms with Crippen molar-refractivity contribution in [2.75, 3.05) is 13.2 Å². The maximum absolute atomic E-state index is 11.2. The van der Waals surface area contributed by atoms with Gasteiger partial charge in [-0.25, -0.2) is 4.79 Å². The molecule has 0 aliphatic carbocycles. The third kappa shape index (κ3) is 3.54. The van der Waals surface area contributed by atoms with Crippen molar-refractivity contribution in [1.29, 1.82) is 0 Å². The van der Waals surface area contributed by atoms with Crippen LogP contribution in [-0.2, 0) is 0 Å². The number of aryl methyl sites for hydroxylation is 2. The Morgan fingerprint density at radius 3 is 2.39 bits per heavy atom. The van der Waals surface area contributed by atoms with Gasteiger partial charge in [-0.05, 0) is 43.2 Å². The van der Waals surface area contributed by atoms with E-state index >= 15 is 0 Å². The fourth-order valence-corrected chi connectivity index (χ4v) is 2.46. The number of hydrogen-bond donors (Lipinski definition) is 0. The minimum Gasteiger partial charge on any atom is -0.490 e. The van der Waals surface area contributed by atoms with Crippen LogP contribution in [-0.4, -0.2) is 13.2 Å². The summed E-state index contributed by atoms with van der Waals surface area (Å²) in [5, 5.41) is 0.865. The van der Waals surface area contributed by atoms with E-state index in [2.05, 4.69) is 0 Å². The Morgan fingerprint density at radius 2 is 1.61 bits per heavy atom. The van der Waals surface area contributed by atoms with Crippen LogP contribution in [0.3, 0.4) is 0 Å². The number of fused-ring (bicyclic) bond motifs is 1. The van der Waals surface area contributed by atoms with E-state index in [-0.39, 0.29) is 5.63 Å². The highest BCUT2D eigenvalue weighted by Crippen LogP contribution is 2.22. The van der Waals surface area contributed by atoms with Crippen LogP contribution in [0.2, 0.25) is 0 Å². The highest BCUT2D eigenvalue weighted by atomic mass is 16.5. The molecule has 3 rings (SSSR count). The molecule has 0 N–H and O–H groups in total. The fraction of sp³-hybridized carbons (Fsp3) is 0.211. The molecule has 2 aromatic carbocycles. The molecule has 1 aromatic heterocycles. The summed E-state index contributed by atoms with van der Waals surface area (Å²) in [7, 11) is 0. The van der Waals surface area contributed by atoms with Crippen molar-refractivity contribution in [3.05, 3.63) is 70.1 Å². The highest BCUT2D eigenvalue weighted by molar-refractivity contribution is 5.77. The number of benzene rings is 2. The molecule has 0 atom stereocenters. The van der Waals surface area contributed by atoms with Crippen molar-refractivity contribution < 1.29 is 13.9 Å². The largest absolute Gasteiger partial charge is 0.490 e. The van der Waals surface area contributed by atoms with E-state index in [1.54, 1.807) is 12.1 Å². The van der Waals surface area contributed by atoms with Gasteiger partial charge in [0.05, 0.1) is 0 Å². The van der Waals surface area contributed by atoms with E-state index in [1.165, 1.54) is 6.07 Å². The summed E-state index contributed by atoms with van der Waals surface area (Å²) in [4.78, 5) is 11.2. The van der Waals surface area contributed by atoms with Gasteiger partial charge in [-0.2, -0.15) is 0 Å². The summed E-state index contributed by atoms with van der Waals surface area (Å²) in [6.07, 6.45) is 0. The maximum atomic E-state index is 11.2. The van der Waals surface area contributed by atoms with Crippen molar-refractivity contribution in [3.63, 3.8) is 0 Å². The molecule has 0 aliphatic heterocycles. The summed E-state index contributed by atoms with van der Waals surface area (Å²) in [6, 6.07) is 14.6. The first-order chi connectivity index (χ1) is 11.1. The second kappa shape index (κ2) is 6.57. The van der Waals surface area contributed by atoms with Gasteiger partial charge in [0.2, 0.25) is 0 Å². The molecule has 0 radical (unpaired) electrons. The molecule has 0 amide bonds. The highest BCUT2D eigenvalue weighted by Gasteiger charge is 2.04. The first-order valence-corrected chi connectivity index (χ1v) is 7.49. The number of hydrogen-bond acceptors (Lipinski definition) is 4. The molecule has 4 nitrogen and oxygen atoms in total. The third-order valence-electron chi connectivity index (χ3n) is 3.60. The van der Waals surface area contributed by atoms with Crippen LogP contribution in [0.25, 0.3) is 11.0 Å². The predicted molar refractivity (Wildman–Crippen MR) is 89.4 cm³/mol. The molecule has 0 spiro atoms. The molecule has 3 aromatic rings. The van der Waals surface area contributed by atoms with Crippen molar-refractivity contribution in [1.82, 2.24) is 0 Å². The second-order valence-electron chi connectivity index (χ2n) is 5.37. The summed E-state index contributed by atoms with van der Waals surface area (Å²) in [5.41, 5.74) is 2.37.